The van der Waals surface area contributed by atoms with E-state index in [4.69, 9.17) is 4.74 Å². The average molecular weight is 227 g/mol. The summed E-state index contributed by atoms with van der Waals surface area (Å²) in [7, 11) is 0. The van der Waals surface area contributed by atoms with Crippen molar-refractivity contribution >= 4 is 6.09 Å². The molecule has 0 N–H and O–H groups in total. The van der Waals surface area contributed by atoms with E-state index in [0.29, 0.717) is 11.8 Å². The number of ether oxygens (including phenoxy) is 1. The second-order valence-electron chi connectivity index (χ2n) is 6.17. The molecule has 1 saturated heterocycles. The second kappa shape index (κ2) is 5.07. The Bertz CT molecular complexity index is 233. The summed E-state index contributed by atoms with van der Waals surface area (Å²) in [6.45, 7) is 11.8. The number of rotatable bonds is 0. The van der Waals surface area contributed by atoms with Gasteiger partial charge in [-0.2, -0.15) is 0 Å². The maximum Gasteiger partial charge on any atom is 0.410 e. The lowest BCUT2D eigenvalue weighted by Crippen LogP contribution is -2.39. The summed E-state index contributed by atoms with van der Waals surface area (Å²) in [6, 6.07) is 0. The summed E-state index contributed by atoms with van der Waals surface area (Å²) < 4.78 is 5.42. The fourth-order valence-electron chi connectivity index (χ4n) is 2.05. The molecule has 1 amide bonds. The molecule has 0 saturated carbocycles. The molecule has 1 fully saturated rings. The van der Waals surface area contributed by atoms with Gasteiger partial charge in [-0.1, -0.05) is 13.8 Å². The highest BCUT2D eigenvalue weighted by Gasteiger charge is 2.26. The minimum Gasteiger partial charge on any atom is -0.444 e. The van der Waals surface area contributed by atoms with E-state index in [1.807, 2.05) is 25.7 Å². The zero-order valence-corrected chi connectivity index (χ0v) is 11.2. The maximum atomic E-state index is 12.0. The standard InChI is InChI=1S/C13H25NO2/c1-10-6-7-11(2)9-14(8-10)12(15)16-13(3,4)5/h10-11H,6-9H2,1-5H3/t10-,11?/m0/s1. The molecule has 3 heteroatoms. The van der Waals surface area contributed by atoms with Crippen molar-refractivity contribution in [3.63, 3.8) is 0 Å². The monoisotopic (exact) mass is 227 g/mol. The topological polar surface area (TPSA) is 29.5 Å². The Kier molecular flexibility index (Phi) is 4.22. The molecule has 0 radical (unpaired) electrons. The first-order valence-corrected chi connectivity index (χ1v) is 6.26. The lowest BCUT2D eigenvalue weighted by atomic mass is 10.0. The largest absolute Gasteiger partial charge is 0.444 e. The van der Waals surface area contributed by atoms with Crippen LogP contribution in [0.15, 0.2) is 0 Å². The van der Waals surface area contributed by atoms with Gasteiger partial charge in [0.25, 0.3) is 0 Å². The molecular formula is C13H25NO2. The normalized spacial score (nSPS) is 27.4. The number of hydrogen-bond acceptors (Lipinski definition) is 2. The third-order valence-electron chi connectivity index (χ3n) is 2.87. The average Bonchev–Trinajstić information content (AvgIpc) is 2.25. The van der Waals surface area contributed by atoms with E-state index >= 15 is 0 Å². The van der Waals surface area contributed by atoms with Gasteiger partial charge in [0.2, 0.25) is 0 Å². The molecule has 0 aliphatic carbocycles. The zero-order valence-electron chi connectivity index (χ0n) is 11.2. The van der Waals surface area contributed by atoms with Crippen LogP contribution in [0.2, 0.25) is 0 Å². The Balaban J connectivity index is 2.59. The van der Waals surface area contributed by atoms with Crippen LogP contribution in [0.3, 0.4) is 0 Å². The van der Waals surface area contributed by atoms with Gasteiger partial charge in [0, 0.05) is 13.1 Å². The van der Waals surface area contributed by atoms with Crippen LogP contribution in [0.25, 0.3) is 0 Å². The summed E-state index contributed by atoms with van der Waals surface area (Å²) in [4.78, 5) is 13.8. The summed E-state index contributed by atoms with van der Waals surface area (Å²) in [5.41, 5.74) is -0.393. The van der Waals surface area contributed by atoms with Crippen LogP contribution in [0, 0.1) is 11.8 Å². The van der Waals surface area contributed by atoms with Gasteiger partial charge in [-0.3, -0.25) is 0 Å². The fraction of sp³-hybridized carbons (Fsp3) is 0.923. The Morgan fingerprint density at radius 2 is 1.56 bits per heavy atom. The molecule has 1 unspecified atom stereocenters. The van der Waals surface area contributed by atoms with Gasteiger partial charge >= 0.3 is 6.09 Å². The molecule has 1 aliphatic heterocycles. The van der Waals surface area contributed by atoms with Crippen LogP contribution in [-0.4, -0.2) is 29.7 Å². The molecule has 0 aromatic carbocycles. The zero-order chi connectivity index (χ0) is 12.3. The number of hydrogen-bond donors (Lipinski definition) is 0. The van der Waals surface area contributed by atoms with Gasteiger partial charge in [0.05, 0.1) is 0 Å². The van der Waals surface area contributed by atoms with Crippen LogP contribution in [0.1, 0.15) is 47.5 Å². The van der Waals surface area contributed by atoms with Gasteiger partial charge in [-0.25, -0.2) is 4.79 Å². The highest BCUT2D eigenvalue weighted by molar-refractivity contribution is 5.68. The summed E-state index contributed by atoms with van der Waals surface area (Å²) in [5.74, 6) is 1.16. The predicted molar refractivity (Wildman–Crippen MR) is 65.4 cm³/mol. The lowest BCUT2D eigenvalue weighted by molar-refractivity contribution is 0.0220. The van der Waals surface area contributed by atoms with Gasteiger partial charge in [-0.15, -0.1) is 0 Å². The highest BCUT2D eigenvalue weighted by Crippen LogP contribution is 2.21. The second-order valence-corrected chi connectivity index (χ2v) is 6.17. The first kappa shape index (κ1) is 13.3. The van der Waals surface area contributed by atoms with Crippen molar-refractivity contribution in [2.75, 3.05) is 13.1 Å². The molecule has 94 valence electrons. The number of carbonyl (C=O) groups is 1. The van der Waals surface area contributed by atoms with Crippen molar-refractivity contribution in [2.45, 2.75) is 53.1 Å². The Morgan fingerprint density at radius 1 is 1.12 bits per heavy atom. The Labute approximate surface area is 99.1 Å². The van der Waals surface area contributed by atoms with Crippen LogP contribution in [0.5, 0.6) is 0 Å². The summed E-state index contributed by atoms with van der Waals surface area (Å²) >= 11 is 0. The highest BCUT2D eigenvalue weighted by atomic mass is 16.6. The lowest BCUT2D eigenvalue weighted by Gasteiger charge is -2.28. The van der Waals surface area contributed by atoms with Crippen LogP contribution in [0.4, 0.5) is 4.79 Å². The molecule has 1 aliphatic rings. The van der Waals surface area contributed by atoms with Crippen LogP contribution < -0.4 is 0 Å². The summed E-state index contributed by atoms with van der Waals surface area (Å²) in [5, 5.41) is 0. The van der Waals surface area contributed by atoms with E-state index in [0.717, 1.165) is 13.1 Å². The minimum atomic E-state index is -0.393. The van der Waals surface area contributed by atoms with Crippen molar-refractivity contribution in [1.82, 2.24) is 4.90 Å². The molecule has 1 heterocycles. The van der Waals surface area contributed by atoms with Crippen molar-refractivity contribution in [2.24, 2.45) is 11.8 Å². The van der Waals surface area contributed by atoms with Gasteiger partial charge < -0.3 is 9.64 Å². The molecular weight excluding hydrogens is 202 g/mol. The van der Waals surface area contributed by atoms with Crippen molar-refractivity contribution in [3.8, 4) is 0 Å². The third kappa shape index (κ3) is 4.42. The van der Waals surface area contributed by atoms with E-state index in [1.165, 1.54) is 12.8 Å². The molecule has 0 aromatic rings. The Hall–Kier alpha value is -0.730. The number of carbonyl (C=O) groups excluding carboxylic acids is 1. The van der Waals surface area contributed by atoms with Gasteiger partial charge in [-0.05, 0) is 45.4 Å². The SMILES string of the molecule is CC1CC[C@H](C)CN(C(=O)OC(C)(C)C)C1. The number of likely N-dealkylation sites (tertiary alicyclic amines) is 1. The van der Waals surface area contributed by atoms with E-state index in [9.17, 15) is 4.79 Å². The number of amides is 1. The molecule has 0 spiro atoms. The fourth-order valence-corrected chi connectivity index (χ4v) is 2.05. The van der Waals surface area contributed by atoms with Crippen LogP contribution in [-0.2, 0) is 4.74 Å². The molecule has 2 atom stereocenters. The van der Waals surface area contributed by atoms with Gasteiger partial charge in [0.15, 0.2) is 0 Å². The molecule has 1 rings (SSSR count). The predicted octanol–water partition coefficient (Wildman–Crippen LogP) is 3.29. The first-order chi connectivity index (χ1) is 7.28. The van der Waals surface area contributed by atoms with E-state index in [-0.39, 0.29) is 6.09 Å². The number of nitrogens with zero attached hydrogens (tertiary/aromatic N) is 1. The van der Waals surface area contributed by atoms with Crippen molar-refractivity contribution in [1.29, 1.82) is 0 Å². The van der Waals surface area contributed by atoms with Gasteiger partial charge in [0.1, 0.15) is 5.60 Å². The quantitative estimate of drug-likeness (QED) is 0.635. The molecule has 0 bridgehead atoms. The molecule has 3 nitrogen and oxygen atoms in total. The van der Waals surface area contributed by atoms with E-state index in [1.54, 1.807) is 0 Å². The van der Waals surface area contributed by atoms with Crippen molar-refractivity contribution < 1.29 is 9.53 Å². The Morgan fingerprint density at radius 3 is 1.94 bits per heavy atom. The maximum absolute atomic E-state index is 12.0. The smallest absolute Gasteiger partial charge is 0.410 e. The molecule has 16 heavy (non-hydrogen) atoms. The third-order valence-corrected chi connectivity index (χ3v) is 2.87. The minimum absolute atomic E-state index is 0.159. The summed E-state index contributed by atoms with van der Waals surface area (Å²) in [6.07, 6.45) is 2.26. The van der Waals surface area contributed by atoms with E-state index < -0.39 is 5.60 Å². The van der Waals surface area contributed by atoms with Crippen molar-refractivity contribution in [3.05, 3.63) is 0 Å². The van der Waals surface area contributed by atoms with Crippen LogP contribution >= 0.6 is 0 Å². The molecule has 0 aromatic heterocycles. The first-order valence-electron chi connectivity index (χ1n) is 6.26. The van der Waals surface area contributed by atoms with E-state index in [2.05, 4.69) is 13.8 Å².